The summed E-state index contributed by atoms with van der Waals surface area (Å²) in [5, 5.41) is 9.96. The van der Waals surface area contributed by atoms with E-state index in [-0.39, 0.29) is 6.61 Å². The van der Waals surface area contributed by atoms with E-state index < -0.39 is 0 Å². The molecule has 0 unspecified atom stereocenters. The van der Waals surface area contributed by atoms with Crippen LogP contribution in [-0.4, -0.2) is 10.1 Å². The van der Waals surface area contributed by atoms with Gasteiger partial charge in [-0.15, -0.1) is 22.7 Å². The first-order valence-corrected chi connectivity index (χ1v) is 5.97. The predicted molar refractivity (Wildman–Crippen MR) is 60.8 cm³/mol. The van der Waals surface area contributed by atoms with E-state index in [4.69, 9.17) is 5.11 Å². The van der Waals surface area contributed by atoms with Crippen LogP contribution in [0.4, 0.5) is 0 Å². The van der Waals surface area contributed by atoms with E-state index in [1.165, 1.54) is 15.3 Å². The molecule has 0 aliphatic heterocycles. The van der Waals surface area contributed by atoms with Crippen molar-refractivity contribution >= 4 is 22.7 Å². The Morgan fingerprint density at radius 2 is 2.14 bits per heavy atom. The quantitative estimate of drug-likeness (QED) is 0.852. The molecule has 0 aromatic carbocycles. The second kappa shape index (κ2) is 3.81. The molecule has 2 rings (SSSR count). The summed E-state index contributed by atoms with van der Waals surface area (Å²) in [6, 6.07) is 2.15. The molecule has 2 heterocycles. The van der Waals surface area contributed by atoms with E-state index in [0.29, 0.717) is 0 Å². The minimum atomic E-state index is 0.0832. The fourth-order valence-corrected chi connectivity index (χ4v) is 3.18. The molecule has 0 saturated carbocycles. The summed E-state index contributed by atoms with van der Waals surface area (Å²) in [6.07, 6.45) is 1.74. The highest BCUT2D eigenvalue weighted by Gasteiger charge is 2.09. The highest BCUT2D eigenvalue weighted by Crippen LogP contribution is 2.33. The topological polar surface area (TPSA) is 33.1 Å². The molecule has 1 N–H and O–H groups in total. The van der Waals surface area contributed by atoms with Gasteiger partial charge < -0.3 is 5.11 Å². The Morgan fingerprint density at radius 3 is 2.64 bits per heavy atom. The van der Waals surface area contributed by atoms with Crippen LogP contribution < -0.4 is 0 Å². The van der Waals surface area contributed by atoms with Crippen molar-refractivity contribution in [2.45, 2.75) is 20.5 Å². The molecule has 0 fully saturated rings. The number of thiazole rings is 1. The first-order chi connectivity index (χ1) is 6.70. The van der Waals surface area contributed by atoms with Gasteiger partial charge in [-0.25, -0.2) is 4.98 Å². The van der Waals surface area contributed by atoms with Gasteiger partial charge in [0.15, 0.2) is 0 Å². The van der Waals surface area contributed by atoms with Crippen LogP contribution in [-0.2, 0) is 6.61 Å². The molecule has 4 heteroatoms. The third-order valence-corrected chi connectivity index (χ3v) is 3.96. The third kappa shape index (κ3) is 1.73. The van der Waals surface area contributed by atoms with Crippen molar-refractivity contribution in [1.82, 2.24) is 4.98 Å². The maximum absolute atomic E-state index is 8.95. The van der Waals surface area contributed by atoms with Crippen LogP contribution in [0.5, 0.6) is 0 Å². The van der Waals surface area contributed by atoms with Crippen molar-refractivity contribution in [1.29, 1.82) is 0 Å². The molecule has 0 bridgehead atoms. The second-order valence-electron chi connectivity index (χ2n) is 3.12. The highest BCUT2D eigenvalue weighted by atomic mass is 32.1. The number of aryl methyl sites for hydroxylation is 2. The molecule has 0 aliphatic rings. The van der Waals surface area contributed by atoms with E-state index in [2.05, 4.69) is 24.9 Å². The lowest BCUT2D eigenvalue weighted by Crippen LogP contribution is -1.71. The molecule has 2 aromatic heterocycles. The zero-order valence-corrected chi connectivity index (χ0v) is 9.71. The number of aliphatic hydroxyl groups is 1. The van der Waals surface area contributed by atoms with Gasteiger partial charge in [0.25, 0.3) is 0 Å². The highest BCUT2D eigenvalue weighted by molar-refractivity contribution is 7.16. The second-order valence-corrected chi connectivity index (χ2v) is 5.69. The fraction of sp³-hybridized carbons (Fsp3) is 0.300. The smallest absolute Gasteiger partial charge is 0.124 e. The van der Waals surface area contributed by atoms with E-state index in [1.54, 1.807) is 28.9 Å². The largest absolute Gasteiger partial charge is 0.391 e. The molecule has 14 heavy (non-hydrogen) atoms. The van der Waals surface area contributed by atoms with Crippen LogP contribution in [0, 0.1) is 13.8 Å². The molecular formula is C10H11NOS2. The Kier molecular flexibility index (Phi) is 2.67. The summed E-state index contributed by atoms with van der Waals surface area (Å²) < 4.78 is 0. The number of nitrogens with zero attached hydrogens (tertiary/aromatic N) is 1. The van der Waals surface area contributed by atoms with Crippen LogP contribution in [0.15, 0.2) is 12.3 Å². The van der Waals surface area contributed by atoms with Crippen LogP contribution >= 0.6 is 22.7 Å². The molecule has 0 amide bonds. The molecule has 2 aromatic rings. The number of aliphatic hydroxyl groups excluding tert-OH is 1. The molecule has 2 nitrogen and oxygen atoms in total. The maximum atomic E-state index is 8.95. The van der Waals surface area contributed by atoms with Crippen molar-refractivity contribution in [3.63, 3.8) is 0 Å². The van der Waals surface area contributed by atoms with E-state index in [9.17, 15) is 0 Å². The Bertz CT molecular complexity index is 445. The number of hydrogen-bond donors (Lipinski definition) is 1. The van der Waals surface area contributed by atoms with Gasteiger partial charge in [-0.1, -0.05) is 0 Å². The van der Waals surface area contributed by atoms with Gasteiger partial charge in [-0.05, 0) is 19.9 Å². The number of hydrogen-bond acceptors (Lipinski definition) is 4. The van der Waals surface area contributed by atoms with Crippen molar-refractivity contribution in [2.75, 3.05) is 0 Å². The Labute approximate surface area is 90.9 Å². The first kappa shape index (κ1) is 9.83. The monoisotopic (exact) mass is 225 g/mol. The van der Waals surface area contributed by atoms with Crippen LogP contribution in [0.2, 0.25) is 0 Å². The first-order valence-electron chi connectivity index (χ1n) is 4.33. The average Bonchev–Trinajstić information content (AvgIpc) is 2.71. The Balaban J connectivity index is 2.43. The Morgan fingerprint density at radius 1 is 1.36 bits per heavy atom. The maximum Gasteiger partial charge on any atom is 0.124 e. The van der Waals surface area contributed by atoms with Gasteiger partial charge in [0.1, 0.15) is 5.01 Å². The van der Waals surface area contributed by atoms with Gasteiger partial charge in [-0.2, -0.15) is 0 Å². The van der Waals surface area contributed by atoms with E-state index in [0.717, 1.165) is 9.88 Å². The van der Waals surface area contributed by atoms with Crippen LogP contribution in [0.1, 0.15) is 14.6 Å². The van der Waals surface area contributed by atoms with Crippen molar-refractivity contribution in [3.05, 3.63) is 26.9 Å². The normalized spacial score (nSPS) is 10.8. The van der Waals surface area contributed by atoms with E-state index in [1.807, 2.05) is 0 Å². The lowest BCUT2D eigenvalue weighted by molar-refractivity contribution is 0.285. The number of aromatic nitrogens is 1. The summed E-state index contributed by atoms with van der Waals surface area (Å²) in [6.45, 7) is 4.29. The molecule has 0 atom stereocenters. The van der Waals surface area contributed by atoms with Gasteiger partial charge in [-0.3, -0.25) is 0 Å². The average molecular weight is 225 g/mol. The Hall–Kier alpha value is -0.710. The third-order valence-electron chi connectivity index (χ3n) is 1.98. The summed E-state index contributed by atoms with van der Waals surface area (Å²) in [5.41, 5.74) is 1.21. The predicted octanol–water partition coefficient (Wildman–Crippen LogP) is 2.98. The summed E-state index contributed by atoms with van der Waals surface area (Å²) in [7, 11) is 0. The zero-order valence-electron chi connectivity index (χ0n) is 8.07. The fourth-order valence-electron chi connectivity index (χ4n) is 1.35. The molecule has 0 spiro atoms. The van der Waals surface area contributed by atoms with Crippen LogP contribution in [0.3, 0.4) is 0 Å². The molecule has 0 aliphatic carbocycles. The van der Waals surface area contributed by atoms with Gasteiger partial charge in [0, 0.05) is 21.5 Å². The number of rotatable bonds is 2. The minimum absolute atomic E-state index is 0.0832. The molecule has 0 radical (unpaired) electrons. The zero-order chi connectivity index (χ0) is 10.1. The van der Waals surface area contributed by atoms with E-state index >= 15 is 0 Å². The van der Waals surface area contributed by atoms with Gasteiger partial charge in [0.05, 0.1) is 11.5 Å². The molecule has 0 saturated heterocycles. The summed E-state index contributed by atoms with van der Waals surface area (Å²) in [5.74, 6) is 0. The SMILES string of the molecule is Cc1cc(-c2ncc(CO)s2)c(C)s1. The lowest BCUT2D eigenvalue weighted by Gasteiger charge is -1.91. The van der Waals surface area contributed by atoms with Crippen molar-refractivity contribution in [2.24, 2.45) is 0 Å². The standard InChI is InChI=1S/C10H11NOS2/c1-6-3-9(7(2)13-6)10-11-4-8(5-12)14-10/h3-4,12H,5H2,1-2H3. The van der Waals surface area contributed by atoms with Crippen molar-refractivity contribution < 1.29 is 5.11 Å². The summed E-state index contributed by atoms with van der Waals surface area (Å²) >= 11 is 3.34. The van der Waals surface area contributed by atoms with Crippen molar-refractivity contribution in [3.8, 4) is 10.6 Å². The van der Waals surface area contributed by atoms with Gasteiger partial charge in [0.2, 0.25) is 0 Å². The van der Waals surface area contributed by atoms with Gasteiger partial charge >= 0.3 is 0 Å². The van der Waals surface area contributed by atoms with Crippen LogP contribution in [0.25, 0.3) is 10.6 Å². The lowest BCUT2D eigenvalue weighted by atomic mass is 10.2. The number of thiophene rings is 1. The minimum Gasteiger partial charge on any atom is -0.391 e. The molecular weight excluding hydrogens is 214 g/mol. The summed E-state index contributed by atoms with van der Waals surface area (Å²) in [4.78, 5) is 7.81. The molecule has 74 valence electrons.